The number of allylic oxidation sites excluding steroid dienone is 2. The lowest BCUT2D eigenvalue weighted by atomic mass is 9.98. The van der Waals surface area contributed by atoms with Crippen LogP contribution in [0.2, 0.25) is 0 Å². The number of fused-ring (bicyclic) bond motifs is 5. The second kappa shape index (κ2) is 5.70. The van der Waals surface area contributed by atoms with Crippen LogP contribution in [-0.2, 0) is 15.9 Å². The zero-order valence-corrected chi connectivity index (χ0v) is 14.6. The number of benzene rings is 1. The van der Waals surface area contributed by atoms with E-state index in [1.54, 1.807) is 14.2 Å². The molecule has 2 aromatic rings. The van der Waals surface area contributed by atoms with E-state index >= 15 is 0 Å². The molecule has 1 aliphatic heterocycles. The zero-order valence-electron chi connectivity index (χ0n) is 13.8. The van der Waals surface area contributed by atoms with Gasteiger partial charge in [-0.2, -0.15) is 0 Å². The van der Waals surface area contributed by atoms with Gasteiger partial charge in [-0.3, -0.25) is 4.98 Å². The number of methoxy groups -OCH3 is 2. The molecule has 0 spiro atoms. The fourth-order valence-corrected chi connectivity index (χ4v) is 3.52. The molecule has 0 saturated carbocycles. The number of hydrogen-bond donors (Lipinski definition) is 0. The molecule has 128 valence electrons. The third kappa shape index (κ3) is 2.19. The van der Waals surface area contributed by atoms with Gasteiger partial charge in [0.15, 0.2) is 17.3 Å². The highest BCUT2D eigenvalue weighted by molar-refractivity contribution is 5.85. The monoisotopic (exact) mass is 357 g/mol. The van der Waals surface area contributed by atoms with Crippen LogP contribution in [-0.4, -0.2) is 26.0 Å². The maximum absolute atomic E-state index is 5.50. The molecule has 6 heteroatoms. The van der Waals surface area contributed by atoms with Crippen molar-refractivity contribution in [2.45, 2.75) is 6.42 Å². The average molecular weight is 358 g/mol. The summed E-state index contributed by atoms with van der Waals surface area (Å²) in [6.45, 7) is 0.277. The second-order valence-corrected chi connectivity index (χ2v) is 5.91. The highest BCUT2D eigenvalue weighted by atomic mass is 35.5. The van der Waals surface area contributed by atoms with Gasteiger partial charge in [-0.25, -0.2) is 0 Å². The highest BCUT2D eigenvalue weighted by Crippen LogP contribution is 2.31. The van der Waals surface area contributed by atoms with Crippen molar-refractivity contribution in [2.24, 2.45) is 0 Å². The number of rotatable bonds is 2. The Kier molecular flexibility index (Phi) is 3.62. The molecule has 0 radical (unpaired) electrons. The predicted octanol–water partition coefficient (Wildman–Crippen LogP) is 1.50. The highest BCUT2D eigenvalue weighted by Gasteiger charge is 2.21. The summed E-state index contributed by atoms with van der Waals surface area (Å²) >= 11 is 0. The van der Waals surface area contributed by atoms with Gasteiger partial charge in [-0.1, -0.05) is 0 Å². The van der Waals surface area contributed by atoms with Crippen LogP contribution in [0.3, 0.4) is 0 Å². The van der Waals surface area contributed by atoms with Gasteiger partial charge in [-0.05, 0) is 35.1 Å². The molecule has 2 aliphatic carbocycles. The van der Waals surface area contributed by atoms with Crippen molar-refractivity contribution in [1.82, 2.24) is 4.98 Å². The smallest absolute Gasteiger partial charge is 0.231 e. The summed E-state index contributed by atoms with van der Waals surface area (Å²) in [5, 5.41) is 4.23. The van der Waals surface area contributed by atoms with E-state index < -0.39 is 0 Å². The number of hydrogen-bond acceptors (Lipinski definition) is 5. The van der Waals surface area contributed by atoms with E-state index in [2.05, 4.69) is 11.1 Å². The first-order valence-corrected chi connectivity index (χ1v) is 7.75. The SMILES string of the molecule is COC1=C(OC)Cc2c3c(ncc2=C1)=c1cc2c(cc1=C3)OCO2.Cl. The maximum Gasteiger partial charge on any atom is 0.231 e. The lowest BCUT2D eigenvalue weighted by molar-refractivity contribution is 0.174. The quantitative estimate of drug-likeness (QED) is 0.695. The summed E-state index contributed by atoms with van der Waals surface area (Å²) in [7, 11) is 3.33. The minimum Gasteiger partial charge on any atom is -0.497 e. The Bertz CT molecular complexity index is 1140. The molecular formula is C19H16ClNO4. The molecule has 25 heavy (non-hydrogen) atoms. The van der Waals surface area contributed by atoms with Gasteiger partial charge in [0.25, 0.3) is 0 Å². The summed E-state index contributed by atoms with van der Waals surface area (Å²) in [4.78, 5) is 4.68. The van der Waals surface area contributed by atoms with Gasteiger partial charge < -0.3 is 18.9 Å². The number of ether oxygens (including phenoxy) is 4. The first-order valence-electron chi connectivity index (χ1n) is 7.75. The average Bonchev–Trinajstić information content (AvgIpc) is 3.21. The lowest BCUT2D eigenvalue weighted by Gasteiger charge is -2.17. The predicted molar refractivity (Wildman–Crippen MR) is 93.8 cm³/mol. The summed E-state index contributed by atoms with van der Waals surface area (Å²) in [5.41, 5.74) is 2.34. The number of halogens is 1. The third-order valence-electron chi connectivity index (χ3n) is 4.73. The molecule has 0 bridgehead atoms. The van der Waals surface area contributed by atoms with Crippen molar-refractivity contribution in [2.75, 3.05) is 21.0 Å². The summed E-state index contributed by atoms with van der Waals surface area (Å²) in [6, 6.07) is 4.03. The molecule has 3 aliphatic rings. The minimum absolute atomic E-state index is 0. The van der Waals surface area contributed by atoms with Crippen molar-refractivity contribution >= 4 is 24.6 Å². The third-order valence-corrected chi connectivity index (χ3v) is 4.73. The molecular weight excluding hydrogens is 342 g/mol. The van der Waals surface area contributed by atoms with Crippen molar-refractivity contribution in [1.29, 1.82) is 0 Å². The molecule has 5 rings (SSSR count). The number of nitrogens with zero attached hydrogens (tertiary/aromatic N) is 1. The van der Waals surface area contributed by atoms with E-state index in [1.165, 1.54) is 5.56 Å². The number of pyridine rings is 1. The van der Waals surface area contributed by atoms with Crippen molar-refractivity contribution in [3.63, 3.8) is 0 Å². The normalized spacial score (nSPS) is 15.3. The van der Waals surface area contributed by atoms with Gasteiger partial charge in [0, 0.05) is 28.6 Å². The van der Waals surface area contributed by atoms with Crippen LogP contribution in [0.25, 0.3) is 12.2 Å². The zero-order chi connectivity index (χ0) is 16.3. The Morgan fingerprint density at radius 1 is 1.00 bits per heavy atom. The Hall–Kier alpha value is -2.66. The second-order valence-electron chi connectivity index (χ2n) is 5.91. The molecule has 0 unspecified atom stereocenters. The molecule has 0 N–H and O–H groups in total. The van der Waals surface area contributed by atoms with Gasteiger partial charge in [0.2, 0.25) is 6.79 Å². The Balaban J connectivity index is 0.00000157. The van der Waals surface area contributed by atoms with Crippen LogP contribution < -0.4 is 19.9 Å². The van der Waals surface area contributed by atoms with Gasteiger partial charge in [0.05, 0.1) is 19.6 Å². The van der Waals surface area contributed by atoms with Gasteiger partial charge in [-0.15, -0.1) is 12.4 Å². The van der Waals surface area contributed by atoms with Crippen LogP contribution in [0.15, 0.2) is 29.8 Å². The van der Waals surface area contributed by atoms with Crippen molar-refractivity contribution in [3.05, 3.63) is 62.0 Å². The van der Waals surface area contributed by atoms with E-state index in [0.29, 0.717) is 6.42 Å². The largest absolute Gasteiger partial charge is 0.497 e. The Labute approximate surface area is 149 Å². The maximum atomic E-state index is 5.50. The van der Waals surface area contributed by atoms with Crippen LogP contribution in [0.1, 0.15) is 11.1 Å². The molecule has 5 nitrogen and oxygen atoms in total. The van der Waals surface area contributed by atoms with E-state index in [4.69, 9.17) is 18.9 Å². The minimum atomic E-state index is 0. The molecule has 0 atom stereocenters. The standard InChI is InChI=1S/C19H15NO4.ClH/c1-21-15-5-11-8-20-19-13-7-18-17(23-9-24-18)4-10(13)3-14(19)12(11)6-16(15)22-2;/h3-5,7-8H,6,9H2,1-2H3;1H. The molecule has 1 aromatic heterocycles. The van der Waals surface area contributed by atoms with Gasteiger partial charge in [0.1, 0.15) is 5.76 Å². The van der Waals surface area contributed by atoms with Crippen LogP contribution in [0, 0.1) is 10.6 Å². The van der Waals surface area contributed by atoms with E-state index in [9.17, 15) is 0 Å². The number of aromatic nitrogens is 1. The summed E-state index contributed by atoms with van der Waals surface area (Å²) in [5.74, 6) is 3.15. The van der Waals surface area contributed by atoms with Gasteiger partial charge >= 0.3 is 0 Å². The summed E-state index contributed by atoms with van der Waals surface area (Å²) < 4.78 is 21.9. The van der Waals surface area contributed by atoms with Crippen LogP contribution in [0.5, 0.6) is 11.5 Å². The Morgan fingerprint density at radius 3 is 2.56 bits per heavy atom. The lowest BCUT2D eigenvalue weighted by Crippen LogP contribution is -2.20. The van der Waals surface area contributed by atoms with Crippen LogP contribution >= 0.6 is 12.4 Å². The molecule has 0 saturated heterocycles. The summed E-state index contributed by atoms with van der Waals surface area (Å²) in [6.07, 6.45) is 6.73. The first kappa shape index (κ1) is 15.8. The molecule has 0 fully saturated rings. The fraction of sp³-hybridized carbons (Fsp3) is 0.211. The van der Waals surface area contributed by atoms with Crippen molar-refractivity contribution in [3.8, 4) is 11.5 Å². The molecule has 0 amide bonds. The van der Waals surface area contributed by atoms with Crippen molar-refractivity contribution < 1.29 is 18.9 Å². The van der Waals surface area contributed by atoms with E-state index in [-0.39, 0.29) is 19.2 Å². The van der Waals surface area contributed by atoms with E-state index in [1.807, 2.05) is 24.4 Å². The van der Waals surface area contributed by atoms with E-state index in [0.717, 1.165) is 49.6 Å². The fourth-order valence-electron chi connectivity index (χ4n) is 3.52. The molecule has 1 aromatic carbocycles. The molecule has 2 heterocycles. The topological polar surface area (TPSA) is 49.8 Å². The van der Waals surface area contributed by atoms with Crippen LogP contribution in [0.4, 0.5) is 0 Å². The first-order chi connectivity index (χ1) is 11.8. The Morgan fingerprint density at radius 2 is 1.80 bits per heavy atom.